The van der Waals surface area contributed by atoms with Gasteiger partial charge in [0, 0.05) is 30.0 Å². The molecule has 1 saturated heterocycles. The molecule has 0 radical (unpaired) electrons. The minimum atomic E-state index is 0.0618. The van der Waals surface area contributed by atoms with E-state index in [-0.39, 0.29) is 17.2 Å². The summed E-state index contributed by atoms with van der Waals surface area (Å²) in [5.74, 6) is 0.540. The molecule has 1 aliphatic heterocycles. The van der Waals surface area contributed by atoms with E-state index in [0.29, 0.717) is 11.0 Å². The highest BCUT2D eigenvalue weighted by atomic mass is 35.5. The molecule has 0 unspecified atom stereocenters. The molecule has 1 aliphatic rings. The van der Waals surface area contributed by atoms with Crippen LogP contribution in [0.3, 0.4) is 0 Å². The first-order valence-electron chi connectivity index (χ1n) is 6.21. The van der Waals surface area contributed by atoms with E-state index >= 15 is 0 Å². The molecule has 0 aromatic carbocycles. The average Bonchev–Trinajstić information content (AvgIpc) is 2.16. The fourth-order valence-corrected chi connectivity index (χ4v) is 2.95. The predicted octanol–water partition coefficient (Wildman–Crippen LogP) is 2.82. The zero-order chi connectivity index (χ0) is 13.4. The normalized spacial score (nSPS) is 22.7. The third-order valence-corrected chi connectivity index (χ3v) is 3.25. The Bertz CT molecular complexity index is 401. The van der Waals surface area contributed by atoms with E-state index in [2.05, 4.69) is 43.2 Å². The van der Waals surface area contributed by atoms with Gasteiger partial charge in [-0.25, -0.2) is 0 Å². The molecule has 0 spiro atoms. The van der Waals surface area contributed by atoms with Gasteiger partial charge in [-0.05, 0) is 33.8 Å². The molecule has 0 aliphatic carbocycles. The van der Waals surface area contributed by atoms with Gasteiger partial charge in [-0.3, -0.25) is 0 Å². The minimum Gasteiger partial charge on any atom is -0.473 e. The molecule has 0 saturated carbocycles. The van der Waals surface area contributed by atoms with E-state index in [1.165, 1.54) is 0 Å². The smallest absolute Gasteiger partial charge is 0.233 e. The number of ether oxygens (including phenoxy) is 1. The Balaban J connectivity index is 2.07. The standard InChI is InChI=1S/C13H20ClN3O/c1-12(2)7-9(8-13(3,4)17-12)18-11-6-5-10(14)15-16-11/h5-6,9,17H,7-8H2,1-4H3. The van der Waals surface area contributed by atoms with Crippen molar-refractivity contribution in [3.63, 3.8) is 0 Å². The summed E-state index contributed by atoms with van der Waals surface area (Å²) in [6.45, 7) is 8.77. The molecular weight excluding hydrogens is 250 g/mol. The van der Waals surface area contributed by atoms with E-state index in [0.717, 1.165) is 12.8 Å². The van der Waals surface area contributed by atoms with E-state index < -0.39 is 0 Å². The molecule has 4 nitrogen and oxygen atoms in total. The monoisotopic (exact) mass is 269 g/mol. The number of halogens is 1. The number of aromatic nitrogens is 2. The Labute approximate surface area is 113 Å². The number of hydrogen-bond acceptors (Lipinski definition) is 4. The lowest BCUT2D eigenvalue weighted by Crippen LogP contribution is -2.60. The number of rotatable bonds is 2. The van der Waals surface area contributed by atoms with Crippen molar-refractivity contribution in [3.05, 3.63) is 17.3 Å². The molecule has 1 aromatic rings. The van der Waals surface area contributed by atoms with E-state index in [1.54, 1.807) is 12.1 Å². The highest BCUT2D eigenvalue weighted by Gasteiger charge is 2.38. The van der Waals surface area contributed by atoms with Crippen LogP contribution in [0.2, 0.25) is 5.15 Å². The maximum atomic E-state index is 5.91. The second kappa shape index (κ2) is 4.67. The molecule has 1 fully saturated rings. The van der Waals surface area contributed by atoms with Gasteiger partial charge in [0.05, 0.1) is 0 Å². The van der Waals surface area contributed by atoms with Crippen LogP contribution in [-0.4, -0.2) is 27.4 Å². The summed E-state index contributed by atoms with van der Waals surface area (Å²) in [5, 5.41) is 11.7. The lowest BCUT2D eigenvalue weighted by Gasteiger charge is -2.46. The van der Waals surface area contributed by atoms with Gasteiger partial charge in [-0.2, -0.15) is 0 Å². The second-order valence-electron chi connectivity index (χ2n) is 6.24. The Morgan fingerprint density at radius 2 is 1.78 bits per heavy atom. The lowest BCUT2D eigenvalue weighted by molar-refractivity contribution is 0.0524. The van der Waals surface area contributed by atoms with Gasteiger partial charge in [0.1, 0.15) is 6.10 Å². The van der Waals surface area contributed by atoms with Crippen molar-refractivity contribution in [2.24, 2.45) is 0 Å². The SMILES string of the molecule is CC1(C)CC(Oc2ccc(Cl)nn2)CC(C)(C)N1. The summed E-state index contributed by atoms with van der Waals surface area (Å²) in [6, 6.07) is 3.46. The molecule has 0 bridgehead atoms. The van der Waals surface area contributed by atoms with Gasteiger partial charge in [-0.1, -0.05) is 11.6 Å². The number of nitrogens with one attached hydrogen (secondary N) is 1. The predicted molar refractivity (Wildman–Crippen MR) is 72.0 cm³/mol. The topological polar surface area (TPSA) is 47.0 Å². The first-order valence-corrected chi connectivity index (χ1v) is 6.59. The number of nitrogens with zero attached hydrogens (tertiary/aromatic N) is 2. The summed E-state index contributed by atoms with van der Waals surface area (Å²) in [6.07, 6.45) is 2.04. The van der Waals surface area contributed by atoms with Crippen molar-refractivity contribution < 1.29 is 4.74 Å². The molecular formula is C13H20ClN3O. The van der Waals surface area contributed by atoms with Gasteiger partial charge in [0.25, 0.3) is 0 Å². The van der Waals surface area contributed by atoms with Gasteiger partial charge in [-0.15, -0.1) is 10.2 Å². The van der Waals surface area contributed by atoms with Crippen molar-refractivity contribution in [2.75, 3.05) is 0 Å². The maximum absolute atomic E-state index is 5.91. The summed E-state index contributed by atoms with van der Waals surface area (Å²) in [4.78, 5) is 0. The zero-order valence-electron chi connectivity index (χ0n) is 11.3. The van der Waals surface area contributed by atoms with Crippen molar-refractivity contribution in [3.8, 4) is 5.88 Å². The van der Waals surface area contributed by atoms with Crippen molar-refractivity contribution in [2.45, 2.75) is 57.7 Å². The zero-order valence-corrected chi connectivity index (χ0v) is 12.1. The van der Waals surface area contributed by atoms with E-state index in [9.17, 15) is 0 Å². The molecule has 2 rings (SSSR count). The van der Waals surface area contributed by atoms with Crippen LogP contribution < -0.4 is 10.1 Å². The third kappa shape index (κ3) is 3.56. The van der Waals surface area contributed by atoms with Crippen LogP contribution in [0.15, 0.2) is 12.1 Å². The van der Waals surface area contributed by atoms with Crippen LogP contribution in [0.25, 0.3) is 0 Å². The highest BCUT2D eigenvalue weighted by Crippen LogP contribution is 2.30. The first-order chi connectivity index (χ1) is 8.26. The van der Waals surface area contributed by atoms with E-state index in [1.807, 2.05) is 0 Å². The van der Waals surface area contributed by atoms with Gasteiger partial charge in [0.2, 0.25) is 5.88 Å². The lowest BCUT2D eigenvalue weighted by atomic mass is 9.81. The molecule has 1 N–H and O–H groups in total. The van der Waals surface area contributed by atoms with Gasteiger partial charge < -0.3 is 10.1 Å². The fourth-order valence-electron chi connectivity index (χ4n) is 2.85. The molecule has 18 heavy (non-hydrogen) atoms. The number of piperidine rings is 1. The Hall–Kier alpha value is -0.870. The van der Waals surface area contributed by atoms with Crippen molar-refractivity contribution in [1.29, 1.82) is 0 Å². The molecule has 2 heterocycles. The second-order valence-corrected chi connectivity index (χ2v) is 6.62. The Morgan fingerprint density at radius 3 is 2.28 bits per heavy atom. The molecule has 100 valence electrons. The van der Waals surface area contributed by atoms with Crippen LogP contribution >= 0.6 is 11.6 Å². The Kier molecular flexibility index (Phi) is 3.52. The third-order valence-electron chi connectivity index (χ3n) is 3.05. The molecule has 0 amide bonds. The van der Waals surface area contributed by atoms with Crippen LogP contribution in [0.5, 0.6) is 5.88 Å². The molecule has 0 atom stereocenters. The maximum Gasteiger partial charge on any atom is 0.233 e. The van der Waals surface area contributed by atoms with Crippen LogP contribution in [0.4, 0.5) is 0 Å². The van der Waals surface area contributed by atoms with Crippen LogP contribution in [0, 0.1) is 0 Å². The molecule has 5 heteroatoms. The highest BCUT2D eigenvalue weighted by molar-refractivity contribution is 6.29. The quantitative estimate of drug-likeness (QED) is 0.897. The Morgan fingerprint density at radius 1 is 1.17 bits per heavy atom. The minimum absolute atomic E-state index is 0.0618. The summed E-state index contributed by atoms with van der Waals surface area (Å²) < 4.78 is 5.91. The largest absolute Gasteiger partial charge is 0.473 e. The average molecular weight is 270 g/mol. The van der Waals surface area contributed by atoms with Gasteiger partial charge >= 0.3 is 0 Å². The van der Waals surface area contributed by atoms with E-state index in [4.69, 9.17) is 16.3 Å². The van der Waals surface area contributed by atoms with Crippen LogP contribution in [-0.2, 0) is 0 Å². The van der Waals surface area contributed by atoms with Crippen molar-refractivity contribution in [1.82, 2.24) is 15.5 Å². The van der Waals surface area contributed by atoms with Crippen LogP contribution in [0.1, 0.15) is 40.5 Å². The fraction of sp³-hybridized carbons (Fsp3) is 0.692. The van der Waals surface area contributed by atoms with Gasteiger partial charge in [0.15, 0.2) is 5.15 Å². The van der Waals surface area contributed by atoms with Crippen molar-refractivity contribution >= 4 is 11.6 Å². The first kappa shape index (κ1) is 13.6. The summed E-state index contributed by atoms with van der Waals surface area (Å²) in [5.41, 5.74) is 0.124. The summed E-state index contributed by atoms with van der Waals surface area (Å²) in [7, 11) is 0. The number of hydrogen-bond donors (Lipinski definition) is 1. The molecule has 1 aromatic heterocycles. The summed E-state index contributed by atoms with van der Waals surface area (Å²) >= 11 is 5.71.